The molecule has 1 fully saturated rings. The van der Waals surface area contributed by atoms with Crippen LogP contribution in [0.15, 0.2) is 54.7 Å². The fourth-order valence-corrected chi connectivity index (χ4v) is 5.90. The van der Waals surface area contributed by atoms with E-state index in [0.29, 0.717) is 23.3 Å². The molecule has 0 radical (unpaired) electrons. The second kappa shape index (κ2) is 12.5. The van der Waals surface area contributed by atoms with Gasteiger partial charge in [-0.15, -0.1) is 0 Å². The third kappa shape index (κ3) is 6.90. The molecule has 0 amide bonds. The summed E-state index contributed by atoms with van der Waals surface area (Å²) in [6, 6.07) is 15.8. The molecule has 0 aliphatic carbocycles. The van der Waals surface area contributed by atoms with Crippen LogP contribution < -0.4 is 21.1 Å². The van der Waals surface area contributed by atoms with Gasteiger partial charge in [-0.05, 0) is 82.6 Å². The molecule has 10 heteroatoms. The molecule has 0 spiro atoms. The van der Waals surface area contributed by atoms with Gasteiger partial charge in [-0.25, -0.2) is 15.0 Å². The zero-order valence-electron chi connectivity index (χ0n) is 23.2. The van der Waals surface area contributed by atoms with Crippen molar-refractivity contribution in [2.24, 2.45) is 5.73 Å². The topological polar surface area (TPSA) is 101 Å². The Morgan fingerprint density at radius 2 is 1.93 bits per heavy atom. The minimum atomic E-state index is -0.460. The molecule has 0 atom stereocenters. The average Bonchev–Trinajstić information content (AvgIpc) is 3.60. The van der Waals surface area contributed by atoms with Crippen LogP contribution in [0.5, 0.6) is 5.75 Å². The molecule has 0 unspecified atom stereocenters. The van der Waals surface area contributed by atoms with Crippen LogP contribution in [-0.4, -0.2) is 52.6 Å². The van der Waals surface area contributed by atoms with Gasteiger partial charge in [0.05, 0.1) is 21.3 Å². The summed E-state index contributed by atoms with van der Waals surface area (Å²) in [5, 5.41) is 8.01. The molecule has 2 aromatic heterocycles. The van der Waals surface area contributed by atoms with Crippen LogP contribution in [0.2, 0.25) is 5.02 Å². The highest BCUT2D eigenvalue weighted by molar-refractivity contribution is 7.19. The summed E-state index contributed by atoms with van der Waals surface area (Å²) in [5.41, 5.74) is 10.4. The summed E-state index contributed by atoms with van der Waals surface area (Å²) in [6.07, 6.45) is 4.29. The first kappa shape index (κ1) is 28.3. The fourth-order valence-electron chi connectivity index (χ4n) is 4.64. The smallest absolute Gasteiger partial charge is 0.227 e. The number of rotatable bonds is 11. The van der Waals surface area contributed by atoms with E-state index in [1.807, 2.05) is 50.2 Å². The zero-order valence-corrected chi connectivity index (χ0v) is 24.8. The number of ether oxygens (including phenoxy) is 1. The maximum absolute atomic E-state index is 6.54. The zero-order chi connectivity index (χ0) is 28.1. The molecule has 3 heterocycles. The minimum Gasteiger partial charge on any atom is -0.491 e. The van der Waals surface area contributed by atoms with Crippen molar-refractivity contribution < 1.29 is 4.74 Å². The number of aromatic nitrogens is 3. The molecule has 8 nitrogen and oxygen atoms in total. The Morgan fingerprint density at radius 3 is 2.67 bits per heavy atom. The highest BCUT2D eigenvalue weighted by atomic mass is 35.5. The lowest BCUT2D eigenvalue weighted by atomic mass is 9.93. The molecule has 4 N–H and O–H groups in total. The molecule has 1 saturated heterocycles. The maximum Gasteiger partial charge on any atom is 0.227 e. The van der Waals surface area contributed by atoms with E-state index in [9.17, 15) is 0 Å². The van der Waals surface area contributed by atoms with E-state index in [2.05, 4.69) is 39.6 Å². The molecule has 2 aromatic carbocycles. The monoisotopic (exact) mass is 577 g/mol. The van der Waals surface area contributed by atoms with Crippen LogP contribution in [0, 0.1) is 0 Å². The Morgan fingerprint density at radius 1 is 1.10 bits per heavy atom. The number of anilines is 3. The molecule has 4 aromatic rings. The van der Waals surface area contributed by atoms with Crippen LogP contribution >= 0.6 is 22.9 Å². The predicted octanol–water partition coefficient (Wildman–Crippen LogP) is 6.76. The van der Waals surface area contributed by atoms with E-state index < -0.39 is 5.54 Å². The number of likely N-dealkylation sites (tertiary alicyclic amines) is 1. The van der Waals surface area contributed by atoms with Gasteiger partial charge >= 0.3 is 0 Å². The van der Waals surface area contributed by atoms with Crippen molar-refractivity contribution in [1.29, 1.82) is 0 Å². The Kier molecular flexibility index (Phi) is 8.85. The van der Waals surface area contributed by atoms with Gasteiger partial charge in [0.1, 0.15) is 12.4 Å². The van der Waals surface area contributed by atoms with Gasteiger partial charge in [0.2, 0.25) is 5.95 Å². The molecular weight excluding hydrogens is 542 g/mol. The largest absolute Gasteiger partial charge is 0.491 e. The third-order valence-corrected chi connectivity index (χ3v) is 8.11. The molecule has 210 valence electrons. The van der Waals surface area contributed by atoms with E-state index in [1.54, 1.807) is 17.5 Å². The number of nitrogens with two attached hydrogens (primary N) is 1. The van der Waals surface area contributed by atoms with Crippen LogP contribution in [0.1, 0.15) is 39.2 Å². The van der Waals surface area contributed by atoms with Gasteiger partial charge in [0.15, 0.2) is 5.13 Å². The molecule has 0 saturated carbocycles. The highest BCUT2D eigenvalue weighted by Gasteiger charge is 2.20. The summed E-state index contributed by atoms with van der Waals surface area (Å²) >= 11 is 8.11. The summed E-state index contributed by atoms with van der Waals surface area (Å²) < 4.78 is 5.94. The number of nitrogens with zero attached hydrogens (tertiary/aromatic N) is 4. The van der Waals surface area contributed by atoms with Crippen molar-refractivity contribution in [1.82, 2.24) is 19.9 Å². The van der Waals surface area contributed by atoms with Crippen molar-refractivity contribution in [2.45, 2.75) is 39.2 Å². The van der Waals surface area contributed by atoms with Gasteiger partial charge in [-0.2, -0.15) is 0 Å². The first-order chi connectivity index (χ1) is 19.3. The standard InChI is InChI=1S/C30H36ClN7OS/c1-4-33-29-37-26(20-8-7-9-21(18-20)30(2,3)32)27(40-29)24-12-13-34-28(36-24)35-22-10-11-25(23(31)19-22)39-17-16-38-14-5-6-15-38/h7-13,18-19H,4-6,14-17,32H2,1-3H3,(H,33,37)(H,34,35,36). The summed E-state index contributed by atoms with van der Waals surface area (Å²) in [5.74, 6) is 1.15. The first-order valence-electron chi connectivity index (χ1n) is 13.7. The number of thiazole rings is 1. The molecule has 1 aliphatic rings. The van der Waals surface area contributed by atoms with Crippen molar-refractivity contribution in [3.8, 4) is 27.6 Å². The van der Waals surface area contributed by atoms with Crippen molar-refractivity contribution in [3.63, 3.8) is 0 Å². The Labute approximate surface area is 245 Å². The maximum atomic E-state index is 6.54. The Balaban J connectivity index is 1.36. The minimum absolute atomic E-state index is 0.460. The second-order valence-electron chi connectivity index (χ2n) is 10.5. The Hall–Kier alpha value is -3.24. The molecule has 40 heavy (non-hydrogen) atoms. The lowest BCUT2D eigenvalue weighted by Gasteiger charge is -2.19. The van der Waals surface area contributed by atoms with Gasteiger partial charge in [-0.1, -0.05) is 41.1 Å². The van der Waals surface area contributed by atoms with E-state index in [4.69, 9.17) is 32.0 Å². The van der Waals surface area contributed by atoms with Crippen molar-refractivity contribution in [3.05, 3.63) is 65.3 Å². The van der Waals surface area contributed by atoms with Crippen LogP contribution in [-0.2, 0) is 5.54 Å². The van der Waals surface area contributed by atoms with E-state index in [-0.39, 0.29) is 0 Å². The number of nitrogens with one attached hydrogen (secondary N) is 2. The number of halogens is 1. The van der Waals surface area contributed by atoms with Gasteiger partial charge in [0, 0.05) is 36.1 Å². The highest BCUT2D eigenvalue weighted by Crippen LogP contribution is 2.39. The average molecular weight is 578 g/mol. The van der Waals surface area contributed by atoms with Gasteiger partial charge in [0.25, 0.3) is 0 Å². The van der Waals surface area contributed by atoms with Crippen molar-refractivity contribution >= 4 is 39.7 Å². The summed E-state index contributed by atoms with van der Waals surface area (Å²) in [6.45, 7) is 10.7. The number of hydrogen-bond donors (Lipinski definition) is 3. The Bertz CT molecular complexity index is 1450. The normalized spacial score (nSPS) is 13.9. The van der Waals surface area contributed by atoms with Crippen molar-refractivity contribution in [2.75, 3.05) is 43.4 Å². The second-order valence-corrected chi connectivity index (χ2v) is 11.9. The summed E-state index contributed by atoms with van der Waals surface area (Å²) in [7, 11) is 0. The van der Waals surface area contributed by atoms with E-state index in [1.165, 1.54) is 12.8 Å². The lowest BCUT2D eigenvalue weighted by Crippen LogP contribution is -2.28. The number of benzene rings is 2. The molecular formula is C30H36ClN7OS. The number of hydrogen-bond acceptors (Lipinski definition) is 9. The van der Waals surface area contributed by atoms with Gasteiger partial charge in [-0.3, -0.25) is 4.90 Å². The van der Waals surface area contributed by atoms with Gasteiger partial charge < -0.3 is 21.1 Å². The van der Waals surface area contributed by atoms with Crippen LogP contribution in [0.25, 0.3) is 21.8 Å². The fraction of sp³-hybridized carbons (Fsp3) is 0.367. The molecule has 0 bridgehead atoms. The van der Waals surface area contributed by atoms with E-state index in [0.717, 1.165) is 64.4 Å². The van der Waals surface area contributed by atoms with E-state index >= 15 is 0 Å². The molecule has 1 aliphatic heterocycles. The molecule has 5 rings (SSSR count). The lowest BCUT2D eigenvalue weighted by molar-refractivity contribution is 0.238. The summed E-state index contributed by atoms with van der Waals surface area (Å²) in [4.78, 5) is 17.6. The third-order valence-electron chi connectivity index (χ3n) is 6.78. The quantitative estimate of drug-likeness (QED) is 0.180. The predicted molar refractivity (Wildman–Crippen MR) is 166 cm³/mol. The SMILES string of the molecule is CCNc1nc(-c2cccc(C(C)(C)N)c2)c(-c2ccnc(Nc3ccc(OCCN4CCCC4)c(Cl)c3)n2)s1. The van der Waals surface area contributed by atoms with Crippen LogP contribution in [0.3, 0.4) is 0 Å². The van der Waals surface area contributed by atoms with Crippen LogP contribution in [0.4, 0.5) is 16.8 Å². The first-order valence-corrected chi connectivity index (χ1v) is 14.9.